The fraction of sp³-hybridized carbons (Fsp3) is 0.522. The van der Waals surface area contributed by atoms with Gasteiger partial charge in [-0.05, 0) is 43.7 Å². The van der Waals surface area contributed by atoms with Gasteiger partial charge in [0.15, 0.2) is 0 Å². The summed E-state index contributed by atoms with van der Waals surface area (Å²) in [5.74, 6) is 0.137. The molecular formula is C23H30F3N5O2. The van der Waals surface area contributed by atoms with E-state index >= 15 is 0 Å². The van der Waals surface area contributed by atoms with Crippen molar-refractivity contribution in [1.82, 2.24) is 15.3 Å². The van der Waals surface area contributed by atoms with Crippen molar-refractivity contribution in [1.29, 1.82) is 0 Å². The Labute approximate surface area is 191 Å². The molecule has 0 saturated heterocycles. The molecule has 1 fully saturated rings. The largest absolute Gasteiger partial charge is 0.416 e. The number of aliphatic hydroxyl groups is 1. The van der Waals surface area contributed by atoms with Gasteiger partial charge < -0.3 is 21.1 Å². The maximum Gasteiger partial charge on any atom is 0.416 e. The fourth-order valence-electron chi connectivity index (χ4n) is 3.76. The number of hydrogen-bond acceptors (Lipinski definition) is 6. The lowest BCUT2D eigenvalue weighted by atomic mass is 9.93. The molecular weight excluding hydrogens is 435 g/mol. The molecule has 4 N–H and O–H groups in total. The number of aromatic nitrogens is 2. The molecule has 0 spiro atoms. The molecule has 1 saturated carbocycles. The van der Waals surface area contributed by atoms with Gasteiger partial charge in [0.25, 0.3) is 5.91 Å². The van der Waals surface area contributed by atoms with Crippen molar-refractivity contribution < 1.29 is 23.1 Å². The molecule has 3 rings (SSSR count). The summed E-state index contributed by atoms with van der Waals surface area (Å²) in [4.78, 5) is 21.6. The number of nitrogens with zero attached hydrogens (tertiary/aromatic N) is 2. The molecule has 1 aromatic heterocycles. The van der Waals surface area contributed by atoms with Gasteiger partial charge in [-0.15, -0.1) is 0 Å². The Kier molecular flexibility index (Phi) is 8.49. The predicted octanol–water partition coefficient (Wildman–Crippen LogP) is 4.35. The number of carbonyl (C=O) groups excluding carboxylic acids is 1. The number of anilines is 2. The first-order valence-electron chi connectivity index (χ1n) is 11.3. The van der Waals surface area contributed by atoms with Crippen molar-refractivity contribution in [2.75, 3.05) is 17.2 Å². The minimum Gasteiger partial charge on any atom is -0.393 e. The molecule has 0 aliphatic heterocycles. The van der Waals surface area contributed by atoms with Crippen LogP contribution in [0.3, 0.4) is 0 Å². The summed E-state index contributed by atoms with van der Waals surface area (Å²) < 4.78 is 39.8. The monoisotopic (exact) mass is 465 g/mol. The molecule has 1 aliphatic carbocycles. The summed E-state index contributed by atoms with van der Waals surface area (Å²) in [5, 5.41) is 18.7. The number of amides is 1. The molecule has 0 radical (unpaired) electrons. The van der Waals surface area contributed by atoms with E-state index in [9.17, 15) is 23.1 Å². The third-order valence-corrected chi connectivity index (χ3v) is 5.65. The van der Waals surface area contributed by atoms with Gasteiger partial charge in [-0.25, -0.2) is 4.98 Å². The summed E-state index contributed by atoms with van der Waals surface area (Å²) in [6, 6.07) is 5.18. The van der Waals surface area contributed by atoms with Crippen LogP contribution in [0, 0.1) is 0 Å². The SMILES string of the molecule is CCCCNc1ncc(C(=O)NCc2ccccc2C(F)(F)F)c(N[C@H]2CC[C@H](O)CC2)n1. The number of aliphatic hydroxyl groups excluding tert-OH is 1. The molecule has 7 nitrogen and oxygen atoms in total. The molecule has 33 heavy (non-hydrogen) atoms. The number of halogens is 3. The number of rotatable bonds is 9. The topological polar surface area (TPSA) is 99.2 Å². The highest BCUT2D eigenvalue weighted by Gasteiger charge is 2.33. The zero-order valence-electron chi connectivity index (χ0n) is 18.6. The van der Waals surface area contributed by atoms with E-state index in [0.717, 1.165) is 31.7 Å². The number of carbonyl (C=O) groups is 1. The maximum atomic E-state index is 13.3. The molecule has 1 aromatic carbocycles. The van der Waals surface area contributed by atoms with E-state index in [1.165, 1.54) is 24.4 Å². The Morgan fingerprint density at radius 1 is 1.18 bits per heavy atom. The molecule has 1 heterocycles. The highest BCUT2D eigenvalue weighted by Crippen LogP contribution is 2.32. The lowest BCUT2D eigenvalue weighted by Gasteiger charge is -2.27. The highest BCUT2D eigenvalue weighted by molar-refractivity contribution is 5.98. The van der Waals surface area contributed by atoms with Crippen molar-refractivity contribution in [2.24, 2.45) is 0 Å². The third-order valence-electron chi connectivity index (χ3n) is 5.65. The first-order chi connectivity index (χ1) is 15.8. The van der Waals surface area contributed by atoms with Crippen LogP contribution in [0.25, 0.3) is 0 Å². The van der Waals surface area contributed by atoms with Crippen LogP contribution >= 0.6 is 0 Å². The molecule has 0 bridgehead atoms. The lowest BCUT2D eigenvalue weighted by molar-refractivity contribution is -0.138. The van der Waals surface area contributed by atoms with E-state index in [1.54, 1.807) is 0 Å². The molecule has 10 heteroatoms. The number of benzene rings is 1. The second kappa shape index (κ2) is 11.3. The van der Waals surface area contributed by atoms with Gasteiger partial charge in [0.2, 0.25) is 5.95 Å². The molecule has 180 valence electrons. The average Bonchev–Trinajstić information content (AvgIpc) is 2.79. The van der Waals surface area contributed by atoms with E-state index in [2.05, 4.69) is 32.8 Å². The minimum absolute atomic E-state index is 0.0205. The van der Waals surface area contributed by atoms with Crippen LogP contribution in [0.15, 0.2) is 30.5 Å². The fourth-order valence-corrected chi connectivity index (χ4v) is 3.76. The summed E-state index contributed by atoms with van der Waals surface area (Å²) >= 11 is 0. The Morgan fingerprint density at radius 3 is 2.61 bits per heavy atom. The molecule has 2 aromatic rings. The van der Waals surface area contributed by atoms with E-state index < -0.39 is 17.6 Å². The lowest BCUT2D eigenvalue weighted by Crippen LogP contribution is -2.31. The zero-order valence-corrected chi connectivity index (χ0v) is 18.6. The van der Waals surface area contributed by atoms with Crippen molar-refractivity contribution >= 4 is 17.7 Å². The van der Waals surface area contributed by atoms with Crippen LogP contribution in [-0.2, 0) is 12.7 Å². The van der Waals surface area contributed by atoms with Crippen LogP contribution in [0.5, 0.6) is 0 Å². The van der Waals surface area contributed by atoms with Crippen molar-refractivity contribution in [3.8, 4) is 0 Å². The normalized spacial score (nSPS) is 18.6. The smallest absolute Gasteiger partial charge is 0.393 e. The van der Waals surface area contributed by atoms with Crippen LogP contribution in [0.4, 0.5) is 24.9 Å². The summed E-state index contributed by atoms with van der Waals surface area (Å²) in [6.45, 7) is 2.48. The van der Waals surface area contributed by atoms with Crippen LogP contribution < -0.4 is 16.0 Å². The van der Waals surface area contributed by atoms with Crippen LogP contribution in [0.1, 0.15) is 66.9 Å². The van der Waals surface area contributed by atoms with Gasteiger partial charge >= 0.3 is 6.18 Å². The van der Waals surface area contributed by atoms with Crippen molar-refractivity contribution in [2.45, 2.75) is 70.3 Å². The zero-order chi connectivity index (χ0) is 23.8. The van der Waals surface area contributed by atoms with Gasteiger partial charge in [0, 0.05) is 25.3 Å². The van der Waals surface area contributed by atoms with Crippen LogP contribution in [0.2, 0.25) is 0 Å². The van der Waals surface area contributed by atoms with E-state index in [-0.39, 0.29) is 29.8 Å². The second-order valence-corrected chi connectivity index (χ2v) is 8.22. The van der Waals surface area contributed by atoms with Crippen LogP contribution in [-0.4, -0.2) is 39.7 Å². The maximum absolute atomic E-state index is 13.3. The first-order valence-corrected chi connectivity index (χ1v) is 11.3. The molecule has 0 atom stereocenters. The van der Waals surface area contributed by atoms with Gasteiger partial charge in [-0.3, -0.25) is 4.79 Å². The quantitative estimate of drug-likeness (QED) is 0.411. The van der Waals surface area contributed by atoms with Gasteiger partial charge in [0.05, 0.1) is 11.7 Å². The predicted molar refractivity (Wildman–Crippen MR) is 120 cm³/mol. The molecule has 1 amide bonds. The number of alkyl halides is 3. The standard InChI is InChI=1S/C23H30F3N5O2/c1-2-3-12-27-22-29-14-18(20(31-22)30-16-8-10-17(32)11-9-16)21(33)28-13-15-6-4-5-7-19(15)23(24,25)26/h4-7,14,16-17,32H,2-3,8-13H2,1H3,(H,28,33)(H2,27,29,30,31)/t16-,17-. The number of unbranched alkanes of at least 4 members (excludes halogenated alkanes) is 1. The van der Waals surface area contributed by atoms with Crippen molar-refractivity contribution in [3.05, 3.63) is 47.2 Å². The van der Waals surface area contributed by atoms with Gasteiger partial charge in [-0.2, -0.15) is 18.2 Å². The van der Waals surface area contributed by atoms with Gasteiger partial charge in [0.1, 0.15) is 11.4 Å². The number of hydrogen-bond donors (Lipinski definition) is 4. The third kappa shape index (κ3) is 7.05. The van der Waals surface area contributed by atoms with E-state index in [0.29, 0.717) is 31.2 Å². The second-order valence-electron chi connectivity index (χ2n) is 8.22. The summed E-state index contributed by atoms with van der Waals surface area (Å²) in [5.41, 5.74) is -0.643. The van der Waals surface area contributed by atoms with E-state index in [4.69, 9.17) is 0 Å². The Morgan fingerprint density at radius 2 is 1.91 bits per heavy atom. The molecule has 0 unspecified atom stereocenters. The highest BCUT2D eigenvalue weighted by atomic mass is 19.4. The Hall–Kier alpha value is -2.88. The first kappa shape index (κ1) is 24.8. The summed E-state index contributed by atoms with van der Waals surface area (Å²) in [7, 11) is 0. The Bertz CT molecular complexity index is 931. The molecule has 1 aliphatic rings. The average molecular weight is 466 g/mol. The number of nitrogens with one attached hydrogen (secondary N) is 3. The Balaban J connectivity index is 1.76. The van der Waals surface area contributed by atoms with Crippen molar-refractivity contribution in [3.63, 3.8) is 0 Å². The van der Waals surface area contributed by atoms with E-state index in [1.807, 2.05) is 0 Å². The summed E-state index contributed by atoms with van der Waals surface area (Å²) in [6.07, 6.45) is 1.25. The minimum atomic E-state index is -4.51. The van der Waals surface area contributed by atoms with Gasteiger partial charge in [-0.1, -0.05) is 31.5 Å².